The Morgan fingerprint density at radius 2 is 1.70 bits per heavy atom. The van der Waals surface area contributed by atoms with Crippen LogP contribution in [0.1, 0.15) is 42.9 Å². The molecule has 1 atom stereocenters. The molecule has 30 heavy (non-hydrogen) atoms. The van der Waals surface area contributed by atoms with Crippen molar-refractivity contribution in [3.63, 3.8) is 0 Å². The monoisotopic (exact) mass is 407 g/mol. The van der Waals surface area contributed by atoms with Crippen LogP contribution in [0.25, 0.3) is 0 Å². The minimum absolute atomic E-state index is 0.315. The molecule has 1 aliphatic rings. The first-order valence-electron chi connectivity index (χ1n) is 10.9. The Morgan fingerprint density at radius 1 is 1.00 bits per heavy atom. The minimum Gasteiger partial charge on any atom is -0.491 e. The van der Waals surface area contributed by atoms with Crippen molar-refractivity contribution < 1.29 is 9.84 Å². The molecule has 160 valence electrons. The maximum Gasteiger partial charge on any atom is 0.122 e. The molecule has 1 saturated heterocycles. The third-order valence-corrected chi connectivity index (χ3v) is 5.61. The van der Waals surface area contributed by atoms with E-state index >= 15 is 0 Å². The molecule has 0 spiro atoms. The van der Waals surface area contributed by atoms with Crippen molar-refractivity contribution in [1.29, 1.82) is 5.26 Å². The summed E-state index contributed by atoms with van der Waals surface area (Å²) in [4.78, 5) is 4.78. The number of rotatable bonds is 8. The van der Waals surface area contributed by atoms with Gasteiger partial charge < -0.3 is 9.84 Å². The Bertz CT molecular complexity index is 829. The SMILES string of the molecule is CC(C)c1ccccc1OC[C@@H](O)CN1CCCN(Cc2ccc(C#N)cc2)CC1. The van der Waals surface area contributed by atoms with Crippen molar-refractivity contribution in [2.45, 2.75) is 38.8 Å². The topological polar surface area (TPSA) is 59.7 Å². The standard InChI is InChI=1S/C25H33N3O2/c1-20(2)24-6-3-4-7-25(24)30-19-23(29)18-28-13-5-12-27(14-15-28)17-22-10-8-21(16-26)9-11-22/h3-4,6-11,20,23,29H,5,12-15,17-19H2,1-2H3/t23-/m0/s1. The number of benzene rings is 2. The van der Waals surface area contributed by atoms with Crippen molar-refractivity contribution in [3.8, 4) is 11.8 Å². The van der Waals surface area contributed by atoms with Gasteiger partial charge in [0.15, 0.2) is 0 Å². The highest BCUT2D eigenvalue weighted by atomic mass is 16.5. The number of ether oxygens (including phenoxy) is 1. The van der Waals surface area contributed by atoms with Gasteiger partial charge >= 0.3 is 0 Å². The number of nitriles is 1. The molecule has 2 aromatic rings. The zero-order valence-corrected chi connectivity index (χ0v) is 18.1. The predicted molar refractivity (Wildman–Crippen MR) is 120 cm³/mol. The molecule has 1 heterocycles. The van der Waals surface area contributed by atoms with E-state index in [1.807, 2.05) is 42.5 Å². The van der Waals surface area contributed by atoms with E-state index in [2.05, 4.69) is 35.8 Å². The van der Waals surface area contributed by atoms with Crippen molar-refractivity contribution in [1.82, 2.24) is 9.80 Å². The van der Waals surface area contributed by atoms with Crippen LogP contribution in [-0.4, -0.2) is 60.3 Å². The summed E-state index contributed by atoms with van der Waals surface area (Å²) in [5, 5.41) is 19.5. The zero-order valence-electron chi connectivity index (χ0n) is 18.1. The smallest absolute Gasteiger partial charge is 0.122 e. The van der Waals surface area contributed by atoms with Crippen molar-refractivity contribution >= 4 is 0 Å². The van der Waals surface area contributed by atoms with Crippen LogP contribution in [0.15, 0.2) is 48.5 Å². The lowest BCUT2D eigenvalue weighted by Crippen LogP contribution is -2.38. The van der Waals surface area contributed by atoms with Crippen molar-refractivity contribution in [3.05, 3.63) is 65.2 Å². The summed E-state index contributed by atoms with van der Waals surface area (Å²) in [5.41, 5.74) is 3.12. The van der Waals surface area contributed by atoms with Crippen molar-refractivity contribution in [2.75, 3.05) is 39.3 Å². The van der Waals surface area contributed by atoms with Gasteiger partial charge in [0.1, 0.15) is 18.5 Å². The van der Waals surface area contributed by atoms with E-state index in [0.717, 1.165) is 44.9 Å². The van der Waals surface area contributed by atoms with Gasteiger partial charge in [0.05, 0.1) is 11.6 Å². The molecule has 0 bridgehead atoms. The van der Waals surface area contributed by atoms with Crippen LogP contribution in [0.2, 0.25) is 0 Å². The summed E-state index contributed by atoms with van der Waals surface area (Å²) in [6, 6.07) is 18.1. The Balaban J connectivity index is 1.44. The third kappa shape index (κ3) is 6.56. The molecule has 0 saturated carbocycles. The number of β-amino-alcohol motifs (C(OH)–C–C–N with tert-alkyl or cyclic N) is 1. The lowest BCUT2D eigenvalue weighted by molar-refractivity contribution is 0.0688. The molecule has 5 nitrogen and oxygen atoms in total. The largest absolute Gasteiger partial charge is 0.491 e. The molecule has 1 N–H and O–H groups in total. The first kappa shape index (κ1) is 22.3. The Labute approximate surface area is 180 Å². The lowest BCUT2D eigenvalue weighted by atomic mass is 10.0. The second-order valence-electron chi connectivity index (χ2n) is 8.40. The maximum absolute atomic E-state index is 10.5. The zero-order chi connectivity index (χ0) is 21.3. The van der Waals surface area contributed by atoms with Gasteiger partial charge in [-0.3, -0.25) is 9.80 Å². The van der Waals surface area contributed by atoms with Gasteiger partial charge in [-0.2, -0.15) is 5.26 Å². The summed E-state index contributed by atoms with van der Waals surface area (Å²) < 4.78 is 5.94. The number of para-hydroxylation sites is 1. The van der Waals surface area contributed by atoms with E-state index in [0.29, 0.717) is 24.6 Å². The third-order valence-electron chi connectivity index (χ3n) is 5.61. The highest BCUT2D eigenvalue weighted by Gasteiger charge is 2.18. The van der Waals surface area contributed by atoms with E-state index in [1.165, 1.54) is 11.1 Å². The number of aliphatic hydroxyl groups is 1. The Hall–Kier alpha value is -2.39. The average molecular weight is 408 g/mol. The van der Waals surface area contributed by atoms with Crippen LogP contribution < -0.4 is 4.74 Å². The maximum atomic E-state index is 10.5. The minimum atomic E-state index is -0.504. The fourth-order valence-corrected chi connectivity index (χ4v) is 3.93. The molecular weight excluding hydrogens is 374 g/mol. The Morgan fingerprint density at radius 3 is 2.43 bits per heavy atom. The molecule has 0 amide bonds. The van der Waals surface area contributed by atoms with Gasteiger partial charge in [-0.1, -0.05) is 44.2 Å². The second-order valence-corrected chi connectivity index (χ2v) is 8.40. The van der Waals surface area contributed by atoms with Crippen LogP contribution >= 0.6 is 0 Å². The van der Waals surface area contributed by atoms with E-state index in [-0.39, 0.29) is 0 Å². The number of hydrogen-bond donors (Lipinski definition) is 1. The summed E-state index contributed by atoms with van der Waals surface area (Å²) in [7, 11) is 0. The van der Waals surface area contributed by atoms with Crippen LogP contribution in [0.5, 0.6) is 5.75 Å². The molecular formula is C25H33N3O2. The summed E-state index contributed by atoms with van der Waals surface area (Å²) in [6.45, 7) is 10.1. The van der Waals surface area contributed by atoms with Gasteiger partial charge in [0, 0.05) is 26.2 Å². The molecule has 1 aliphatic heterocycles. The van der Waals surface area contributed by atoms with Gasteiger partial charge in [-0.15, -0.1) is 0 Å². The fourth-order valence-electron chi connectivity index (χ4n) is 3.93. The van der Waals surface area contributed by atoms with Crippen LogP contribution in [0.3, 0.4) is 0 Å². The van der Waals surface area contributed by atoms with E-state index in [4.69, 9.17) is 10.00 Å². The first-order valence-corrected chi connectivity index (χ1v) is 10.9. The summed E-state index contributed by atoms with van der Waals surface area (Å²) in [6.07, 6.45) is 0.579. The Kier molecular flexibility index (Phi) is 8.27. The van der Waals surface area contributed by atoms with Gasteiger partial charge in [-0.25, -0.2) is 0 Å². The normalized spacial score (nSPS) is 16.8. The molecule has 0 aliphatic carbocycles. The van der Waals surface area contributed by atoms with Crippen LogP contribution in [-0.2, 0) is 6.54 Å². The molecule has 5 heteroatoms. The predicted octanol–water partition coefficient (Wildman–Crippen LogP) is 3.63. The van der Waals surface area contributed by atoms with E-state index in [1.54, 1.807) is 0 Å². The molecule has 1 fully saturated rings. The molecule has 0 aromatic heterocycles. The summed E-state index contributed by atoms with van der Waals surface area (Å²) >= 11 is 0. The van der Waals surface area contributed by atoms with Gasteiger partial charge in [0.2, 0.25) is 0 Å². The molecule has 0 unspecified atom stereocenters. The molecule has 3 rings (SSSR count). The van der Waals surface area contributed by atoms with Crippen molar-refractivity contribution in [2.24, 2.45) is 0 Å². The van der Waals surface area contributed by atoms with Crippen LogP contribution in [0, 0.1) is 11.3 Å². The quantitative estimate of drug-likeness (QED) is 0.724. The second kappa shape index (κ2) is 11.1. The highest BCUT2D eigenvalue weighted by molar-refractivity contribution is 5.35. The van der Waals surface area contributed by atoms with Gasteiger partial charge in [-0.05, 0) is 54.8 Å². The lowest BCUT2D eigenvalue weighted by Gasteiger charge is -2.24. The van der Waals surface area contributed by atoms with E-state index in [9.17, 15) is 5.11 Å². The number of nitrogens with zero attached hydrogens (tertiary/aromatic N) is 3. The average Bonchev–Trinajstić information content (AvgIpc) is 2.98. The first-order chi connectivity index (χ1) is 14.5. The number of hydrogen-bond acceptors (Lipinski definition) is 5. The fraction of sp³-hybridized carbons (Fsp3) is 0.480. The van der Waals surface area contributed by atoms with E-state index < -0.39 is 6.10 Å². The molecule has 2 aromatic carbocycles. The van der Waals surface area contributed by atoms with Crippen LogP contribution in [0.4, 0.5) is 0 Å². The van der Waals surface area contributed by atoms with Gasteiger partial charge in [0.25, 0.3) is 0 Å². The highest BCUT2D eigenvalue weighted by Crippen LogP contribution is 2.26. The molecule has 0 radical (unpaired) electrons. The summed E-state index contributed by atoms with van der Waals surface area (Å²) in [5.74, 6) is 1.27. The number of aliphatic hydroxyl groups excluding tert-OH is 1.